The first-order valence-electron chi connectivity index (χ1n) is 8.34. The molecule has 128 valence electrons. The number of nitrogens with one attached hydrogen (secondary N) is 1. The summed E-state index contributed by atoms with van der Waals surface area (Å²) < 4.78 is 12.7. The Kier molecular flexibility index (Phi) is 4.32. The lowest BCUT2D eigenvalue weighted by Crippen LogP contribution is -2.47. The quantitative estimate of drug-likeness (QED) is 0.776. The molecule has 0 saturated carbocycles. The molecule has 0 bridgehead atoms. The van der Waals surface area contributed by atoms with Crippen LogP contribution in [-0.4, -0.2) is 24.7 Å². The van der Waals surface area contributed by atoms with Crippen LogP contribution in [0.5, 0.6) is 11.5 Å². The topological polar surface area (TPSA) is 47.6 Å². The fourth-order valence-electron chi connectivity index (χ4n) is 3.06. The molecule has 0 spiro atoms. The second kappa shape index (κ2) is 6.76. The minimum Gasteiger partial charge on any atom is -0.485 e. The Morgan fingerprint density at radius 2 is 1.96 bits per heavy atom. The first kappa shape index (κ1) is 16.0. The number of carbonyl (C=O) groups is 1. The van der Waals surface area contributed by atoms with E-state index in [0.29, 0.717) is 11.5 Å². The summed E-state index contributed by atoms with van der Waals surface area (Å²) in [6.45, 7) is 2.25. The molecule has 1 N–H and O–H groups in total. The molecule has 0 aliphatic carbocycles. The van der Waals surface area contributed by atoms with E-state index in [1.54, 1.807) is 11.3 Å². The molecule has 1 aliphatic rings. The molecule has 25 heavy (non-hydrogen) atoms. The third-order valence-corrected chi connectivity index (χ3v) is 5.29. The van der Waals surface area contributed by atoms with Gasteiger partial charge in [-0.15, -0.1) is 11.3 Å². The van der Waals surface area contributed by atoms with Gasteiger partial charge in [-0.3, -0.25) is 4.79 Å². The Morgan fingerprint density at radius 1 is 1.20 bits per heavy atom. The number of benzene rings is 2. The van der Waals surface area contributed by atoms with Gasteiger partial charge < -0.3 is 14.8 Å². The van der Waals surface area contributed by atoms with E-state index in [4.69, 9.17) is 9.47 Å². The SMILES string of the molecule is C[C@@H](Cc1csc2ccccc12)NC(=O)[C@H]1COc2ccccc2O1. The highest BCUT2D eigenvalue weighted by Crippen LogP contribution is 2.31. The Balaban J connectivity index is 1.39. The zero-order chi connectivity index (χ0) is 17.2. The third-order valence-electron chi connectivity index (χ3n) is 4.28. The van der Waals surface area contributed by atoms with Crippen molar-refractivity contribution in [3.63, 3.8) is 0 Å². The first-order chi connectivity index (χ1) is 12.2. The summed E-state index contributed by atoms with van der Waals surface area (Å²) >= 11 is 1.74. The standard InChI is InChI=1S/C20H19NO3S/c1-13(10-14-12-25-19-9-5-2-6-15(14)19)21-20(22)18-11-23-16-7-3-4-8-17(16)24-18/h2-9,12-13,18H,10-11H2,1H3,(H,21,22)/t13-,18+/m0/s1. The van der Waals surface area contributed by atoms with E-state index in [1.165, 1.54) is 15.6 Å². The van der Waals surface area contributed by atoms with Gasteiger partial charge in [0.25, 0.3) is 5.91 Å². The Labute approximate surface area is 150 Å². The van der Waals surface area contributed by atoms with Crippen molar-refractivity contribution in [3.8, 4) is 11.5 Å². The van der Waals surface area contributed by atoms with Crippen molar-refractivity contribution in [2.24, 2.45) is 0 Å². The normalized spacial score (nSPS) is 17.2. The summed E-state index contributed by atoms with van der Waals surface area (Å²) in [5.41, 5.74) is 1.26. The number of fused-ring (bicyclic) bond motifs is 2. The van der Waals surface area contributed by atoms with Crippen LogP contribution < -0.4 is 14.8 Å². The van der Waals surface area contributed by atoms with E-state index in [1.807, 2.05) is 43.3 Å². The fourth-order valence-corrected chi connectivity index (χ4v) is 4.03. The number of hydrogen-bond acceptors (Lipinski definition) is 4. The molecular formula is C20H19NO3S. The average Bonchev–Trinajstić information content (AvgIpc) is 3.04. The molecule has 4 nitrogen and oxygen atoms in total. The van der Waals surface area contributed by atoms with Crippen LogP contribution >= 0.6 is 11.3 Å². The lowest BCUT2D eigenvalue weighted by molar-refractivity contribution is -0.130. The van der Waals surface area contributed by atoms with Crippen LogP contribution in [0.1, 0.15) is 12.5 Å². The summed E-state index contributed by atoms with van der Waals surface area (Å²) in [5.74, 6) is 1.16. The van der Waals surface area contributed by atoms with Crippen LogP contribution in [-0.2, 0) is 11.2 Å². The zero-order valence-corrected chi connectivity index (χ0v) is 14.7. The van der Waals surface area contributed by atoms with Crippen LogP contribution in [0.3, 0.4) is 0 Å². The van der Waals surface area contributed by atoms with E-state index >= 15 is 0 Å². The molecule has 0 saturated heterocycles. The summed E-state index contributed by atoms with van der Waals surface area (Å²) in [6.07, 6.45) is 0.177. The van der Waals surface area contributed by atoms with Crippen molar-refractivity contribution in [3.05, 3.63) is 59.5 Å². The maximum atomic E-state index is 12.5. The van der Waals surface area contributed by atoms with Gasteiger partial charge in [-0.1, -0.05) is 30.3 Å². The lowest BCUT2D eigenvalue weighted by atomic mass is 10.1. The summed E-state index contributed by atoms with van der Waals surface area (Å²) in [5, 5.41) is 6.48. The summed E-state index contributed by atoms with van der Waals surface area (Å²) in [7, 11) is 0. The van der Waals surface area contributed by atoms with Gasteiger partial charge in [0.2, 0.25) is 6.10 Å². The van der Waals surface area contributed by atoms with Gasteiger partial charge in [0.15, 0.2) is 11.5 Å². The number of rotatable bonds is 4. The van der Waals surface area contributed by atoms with Gasteiger partial charge in [-0.25, -0.2) is 0 Å². The van der Waals surface area contributed by atoms with Gasteiger partial charge in [-0.05, 0) is 47.9 Å². The molecule has 2 atom stereocenters. The maximum Gasteiger partial charge on any atom is 0.264 e. The number of carbonyl (C=O) groups excluding carboxylic acids is 1. The molecule has 4 rings (SSSR count). The second-order valence-corrected chi connectivity index (χ2v) is 7.15. The number of ether oxygens (including phenoxy) is 2. The smallest absolute Gasteiger partial charge is 0.264 e. The molecular weight excluding hydrogens is 334 g/mol. The summed E-state index contributed by atoms with van der Waals surface area (Å²) in [4.78, 5) is 12.5. The zero-order valence-electron chi connectivity index (χ0n) is 13.9. The van der Waals surface area contributed by atoms with Crippen LogP contribution in [0, 0.1) is 0 Å². The van der Waals surface area contributed by atoms with Gasteiger partial charge in [0, 0.05) is 10.7 Å². The molecule has 0 radical (unpaired) electrons. The summed E-state index contributed by atoms with van der Waals surface area (Å²) in [6, 6.07) is 15.8. The minimum absolute atomic E-state index is 0.0197. The van der Waals surface area contributed by atoms with Gasteiger partial charge in [-0.2, -0.15) is 0 Å². The predicted octanol–water partition coefficient (Wildman–Crippen LogP) is 3.79. The molecule has 5 heteroatoms. The highest BCUT2D eigenvalue weighted by Gasteiger charge is 2.28. The van der Waals surface area contributed by atoms with Crippen molar-refractivity contribution in [2.75, 3.05) is 6.61 Å². The fraction of sp³-hybridized carbons (Fsp3) is 0.250. The van der Waals surface area contributed by atoms with Crippen molar-refractivity contribution in [2.45, 2.75) is 25.5 Å². The number of thiophene rings is 1. The Morgan fingerprint density at radius 3 is 2.84 bits per heavy atom. The average molecular weight is 353 g/mol. The molecule has 1 aliphatic heterocycles. The van der Waals surface area contributed by atoms with Crippen molar-refractivity contribution >= 4 is 27.3 Å². The van der Waals surface area contributed by atoms with Crippen molar-refractivity contribution in [1.82, 2.24) is 5.32 Å². The first-order valence-corrected chi connectivity index (χ1v) is 9.22. The van der Waals surface area contributed by atoms with Crippen molar-refractivity contribution < 1.29 is 14.3 Å². The second-order valence-electron chi connectivity index (χ2n) is 6.24. The highest BCUT2D eigenvalue weighted by molar-refractivity contribution is 7.17. The van der Waals surface area contributed by atoms with Crippen LogP contribution in [0.2, 0.25) is 0 Å². The van der Waals surface area contributed by atoms with E-state index < -0.39 is 6.10 Å². The largest absolute Gasteiger partial charge is 0.485 e. The van der Waals surface area contributed by atoms with Crippen LogP contribution in [0.15, 0.2) is 53.9 Å². The van der Waals surface area contributed by atoms with E-state index in [-0.39, 0.29) is 18.6 Å². The molecule has 2 heterocycles. The van der Waals surface area contributed by atoms with Crippen LogP contribution in [0.4, 0.5) is 0 Å². The third kappa shape index (κ3) is 3.33. The van der Waals surface area contributed by atoms with Crippen LogP contribution in [0.25, 0.3) is 10.1 Å². The maximum absolute atomic E-state index is 12.5. The highest BCUT2D eigenvalue weighted by atomic mass is 32.1. The monoisotopic (exact) mass is 353 g/mol. The Bertz CT molecular complexity index is 905. The van der Waals surface area contributed by atoms with E-state index in [9.17, 15) is 4.79 Å². The molecule has 2 aromatic carbocycles. The van der Waals surface area contributed by atoms with Gasteiger partial charge >= 0.3 is 0 Å². The molecule has 1 amide bonds. The van der Waals surface area contributed by atoms with E-state index in [0.717, 1.165) is 6.42 Å². The molecule has 0 unspecified atom stereocenters. The molecule has 0 fully saturated rings. The Hall–Kier alpha value is -2.53. The van der Waals surface area contributed by atoms with Gasteiger partial charge in [0.05, 0.1) is 0 Å². The number of amides is 1. The van der Waals surface area contributed by atoms with Gasteiger partial charge in [0.1, 0.15) is 6.61 Å². The lowest BCUT2D eigenvalue weighted by Gasteiger charge is -2.26. The number of para-hydroxylation sites is 2. The minimum atomic E-state index is -0.614. The number of hydrogen-bond donors (Lipinski definition) is 1. The molecule has 1 aromatic heterocycles. The predicted molar refractivity (Wildman–Crippen MR) is 99.5 cm³/mol. The van der Waals surface area contributed by atoms with E-state index in [2.05, 4.69) is 22.8 Å². The van der Waals surface area contributed by atoms with Crippen molar-refractivity contribution in [1.29, 1.82) is 0 Å². The molecule has 3 aromatic rings.